The van der Waals surface area contributed by atoms with Gasteiger partial charge in [0, 0.05) is 13.0 Å². The number of carbonyl (C=O) groups excluding carboxylic acids is 2. The standard InChI is InChI=1S/C11H22N2O7/c12-6(4-14)1-2-9(18)13-3-7(16)10(19)11(20)8(17)5-15/h4,6-8,10-11,15-17,19-20H,1-3,5,12H2,(H,13,18)/t6-,7-,8+,10+,11+/m0/s1. The molecule has 0 spiro atoms. The largest absolute Gasteiger partial charge is 0.394 e. The Bertz CT molecular complexity index is 302. The Morgan fingerprint density at radius 3 is 2.20 bits per heavy atom. The Hall–Kier alpha value is -1.10. The van der Waals surface area contributed by atoms with E-state index in [1.807, 2.05) is 0 Å². The van der Waals surface area contributed by atoms with Crippen molar-refractivity contribution < 1.29 is 35.1 Å². The predicted molar refractivity (Wildman–Crippen MR) is 67.4 cm³/mol. The molecule has 5 atom stereocenters. The van der Waals surface area contributed by atoms with Gasteiger partial charge in [0.2, 0.25) is 5.91 Å². The van der Waals surface area contributed by atoms with Gasteiger partial charge in [0.25, 0.3) is 0 Å². The summed E-state index contributed by atoms with van der Waals surface area (Å²) in [5.41, 5.74) is 5.29. The van der Waals surface area contributed by atoms with Crippen molar-refractivity contribution in [3.05, 3.63) is 0 Å². The summed E-state index contributed by atoms with van der Waals surface area (Å²) in [6.45, 7) is -1.13. The van der Waals surface area contributed by atoms with Crippen LogP contribution in [0, 0.1) is 0 Å². The topological polar surface area (TPSA) is 173 Å². The fraction of sp³-hybridized carbons (Fsp3) is 0.818. The van der Waals surface area contributed by atoms with Crippen LogP contribution in [0.1, 0.15) is 12.8 Å². The molecule has 0 fully saturated rings. The van der Waals surface area contributed by atoms with Crippen LogP contribution in [0.4, 0.5) is 0 Å². The second-order valence-electron chi connectivity index (χ2n) is 4.44. The monoisotopic (exact) mass is 294 g/mol. The van der Waals surface area contributed by atoms with Gasteiger partial charge in [-0.25, -0.2) is 0 Å². The van der Waals surface area contributed by atoms with Crippen LogP contribution in [-0.2, 0) is 9.59 Å². The quantitative estimate of drug-likeness (QED) is 0.199. The molecule has 9 nitrogen and oxygen atoms in total. The summed E-state index contributed by atoms with van der Waals surface area (Å²) >= 11 is 0. The second kappa shape index (κ2) is 9.75. The minimum atomic E-state index is -1.74. The first-order valence-electron chi connectivity index (χ1n) is 6.14. The van der Waals surface area contributed by atoms with Crippen molar-refractivity contribution in [1.29, 1.82) is 0 Å². The van der Waals surface area contributed by atoms with Crippen LogP contribution in [0.15, 0.2) is 0 Å². The maximum absolute atomic E-state index is 11.3. The zero-order chi connectivity index (χ0) is 15.7. The molecule has 0 unspecified atom stereocenters. The summed E-state index contributed by atoms with van der Waals surface area (Å²) in [6, 6.07) is -0.738. The molecular weight excluding hydrogens is 272 g/mol. The molecule has 8 N–H and O–H groups in total. The van der Waals surface area contributed by atoms with Gasteiger partial charge < -0.3 is 41.4 Å². The summed E-state index contributed by atoms with van der Waals surface area (Å²) in [4.78, 5) is 21.6. The molecule has 0 aliphatic rings. The van der Waals surface area contributed by atoms with Crippen LogP contribution < -0.4 is 11.1 Å². The van der Waals surface area contributed by atoms with Crippen LogP contribution >= 0.6 is 0 Å². The predicted octanol–water partition coefficient (Wildman–Crippen LogP) is -4.16. The molecule has 20 heavy (non-hydrogen) atoms. The first-order valence-corrected chi connectivity index (χ1v) is 6.14. The summed E-state index contributed by atoms with van der Waals surface area (Å²) in [5.74, 6) is -0.481. The lowest BCUT2D eigenvalue weighted by molar-refractivity contribution is -0.126. The third-order valence-corrected chi connectivity index (χ3v) is 2.71. The Balaban J connectivity index is 4.05. The smallest absolute Gasteiger partial charge is 0.220 e. The van der Waals surface area contributed by atoms with Gasteiger partial charge in [0.1, 0.15) is 24.6 Å². The van der Waals surface area contributed by atoms with E-state index in [9.17, 15) is 24.9 Å². The van der Waals surface area contributed by atoms with E-state index in [-0.39, 0.29) is 19.4 Å². The Labute approximate surface area is 116 Å². The van der Waals surface area contributed by atoms with Crippen LogP contribution in [0.5, 0.6) is 0 Å². The van der Waals surface area contributed by atoms with Gasteiger partial charge in [-0.1, -0.05) is 0 Å². The third kappa shape index (κ3) is 6.89. The van der Waals surface area contributed by atoms with Gasteiger partial charge in [-0.2, -0.15) is 0 Å². The Morgan fingerprint density at radius 2 is 1.70 bits per heavy atom. The molecule has 0 aliphatic heterocycles. The van der Waals surface area contributed by atoms with Crippen molar-refractivity contribution >= 4 is 12.2 Å². The average molecular weight is 294 g/mol. The van der Waals surface area contributed by atoms with Gasteiger partial charge in [-0.15, -0.1) is 0 Å². The summed E-state index contributed by atoms with van der Waals surface area (Å²) in [7, 11) is 0. The number of aldehydes is 1. The Morgan fingerprint density at radius 1 is 1.15 bits per heavy atom. The van der Waals surface area contributed by atoms with Crippen LogP contribution in [0.3, 0.4) is 0 Å². The first-order chi connectivity index (χ1) is 9.33. The fourth-order valence-corrected chi connectivity index (χ4v) is 1.36. The highest BCUT2D eigenvalue weighted by atomic mass is 16.4. The molecule has 0 saturated carbocycles. The fourth-order valence-electron chi connectivity index (χ4n) is 1.36. The van der Waals surface area contributed by atoms with Crippen molar-refractivity contribution in [3.63, 3.8) is 0 Å². The van der Waals surface area contributed by atoms with Crippen LogP contribution in [0.25, 0.3) is 0 Å². The summed E-state index contributed by atoms with van der Waals surface area (Å²) < 4.78 is 0. The first kappa shape index (κ1) is 18.9. The highest BCUT2D eigenvalue weighted by Crippen LogP contribution is 2.04. The highest BCUT2D eigenvalue weighted by Gasteiger charge is 2.30. The van der Waals surface area contributed by atoms with E-state index in [2.05, 4.69) is 5.32 Å². The van der Waals surface area contributed by atoms with E-state index in [1.165, 1.54) is 0 Å². The van der Waals surface area contributed by atoms with Gasteiger partial charge >= 0.3 is 0 Å². The molecule has 1 amide bonds. The molecular formula is C11H22N2O7. The number of aliphatic hydroxyl groups is 5. The maximum atomic E-state index is 11.3. The molecule has 9 heteroatoms. The average Bonchev–Trinajstić information content (AvgIpc) is 2.47. The number of carbonyl (C=O) groups is 2. The van der Waals surface area contributed by atoms with Crippen molar-refractivity contribution in [2.75, 3.05) is 13.2 Å². The normalized spacial score (nSPS) is 18.7. The SMILES string of the molecule is N[C@H](C=O)CCC(=O)NC[C@H](O)[C@@H](O)[C@H](O)[C@H](O)CO. The second-order valence-corrected chi connectivity index (χ2v) is 4.44. The highest BCUT2D eigenvalue weighted by molar-refractivity contribution is 5.76. The zero-order valence-electron chi connectivity index (χ0n) is 10.9. The number of rotatable bonds is 10. The van der Waals surface area contributed by atoms with Crippen LogP contribution in [0.2, 0.25) is 0 Å². The van der Waals surface area contributed by atoms with E-state index in [0.717, 1.165) is 0 Å². The van der Waals surface area contributed by atoms with E-state index in [4.69, 9.17) is 15.9 Å². The minimum Gasteiger partial charge on any atom is -0.394 e. The number of aliphatic hydroxyl groups excluding tert-OH is 5. The van der Waals surface area contributed by atoms with Gasteiger partial charge in [0.15, 0.2) is 0 Å². The molecule has 0 rings (SSSR count). The molecule has 0 aliphatic carbocycles. The molecule has 0 radical (unpaired) electrons. The van der Waals surface area contributed by atoms with E-state index < -0.39 is 43.0 Å². The number of hydrogen-bond donors (Lipinski definition) is 7. The molecule has 0 saturated heterocycles. The van der Waals surface area contributed by atoms with Crippen molar-refractivity contribution in [1.82, 2.24) is 5.32 Å². The van der Waals surface area contributed by atoms with Gasteiger partial charge in [-0.3, -0.25) is 4.79 Å². The number of nitrogens with two attached hydrogens (primary N) is 1. The minimum absolute atomic E-state index is 0.0233. The molecule has 0 heterocycles. The van der Waals surface area contributed by atoms with Crippen LogP contribution in [-0.4, -0.2) is 81.3 Å². The Kier molecular flexibility index (Phi) is 9.21. The number of amides is 1. The van der Waals surface area contributed by atoms with E-state index in [1.54, 1.807) is 0 Å². The lowest BCUT2D eigenvalue weighted by atomic mass is 10.0. The van der Waals surface area contributed by atoms with Gasteiger partial charge in [0.05, 0.1) is 18.8 Å². The molecule has 118 valence electrons. The zero-order valence-corrected chi connectivity index (χ0v) is 10.9. The van der Waals surface area contributed by atoms with E-state index in [0.29, 0.717) is 6.29 Å². The third-order valence-electron chi connectivity index (χ3n) is 2.71. The maximum Gasteiger partial charge on any atom is 0.220 e. The van der Waals surface area contributed by atoms with Crippen molar-refractivity contribution in [2.45, 2.75) is 43.3 Å². The molecule has 0 aromatic heterocycles. The summed E-state index contributed by atoms with van der Waals surface area (Å²) in [5, 5.41) is 48.3. The number of nitrogens with one attached hydrogen (secondary N) is 1. The lowest BCUT2D eigenvalue weighted by Gasteiger charge is -2.25. The van der Waals surface area contributed by atoms with Crippen molar-refractivity contribution in [3.8, 4) is 0 Å². The molecule has 0 aromatic rings. The molecule has 0 aromatic carbocycles. The number of hydrogen-bond acceptors (Lipinski definition) is 8. The van der Waals surface area contributed by atoms with Gasteiger partial charge in [-0.05, 0) is 6.42 Å². The van der Waals surface area contributed by atoms with E-state index >= 15 is 0 Å². The summed E-state index contributed by atoms with van der Waals surface area (Å²) in [6.07, 6.45) is -5.94. The lowest BCUT2D eigenvalue weighted by Crippen LogP contribution is -2.49. The van der Waals surface area contributed by atoms with Crippen molar-refractivity contribution in [2.24, 2.45) is 5.73 Å². The molecule has 0 bridgehead atoms.